The van der Waals surface area contributed by atoms with E-state index in [4.69, 9.17) is 14.2 Å². The molecule has 0 heterocycles. The highest BCUT2D eigenvalue weighted by atomic mass is 16.6. The van der Waals surface area contributed by atoms with Crippen LogP contribution in [-0.4, -0.2) is 39.5 Å². The van der Waals surface area contributed by atoms with Crippen molar-refractivity contribution in [1.82, 2.24) is 0 Å². The summed E-state index contributed by atoms with van der Waals surface area (Å²) in [4.78, 5) is 11.7. The number of carbonyl (C=O) groups is 1. The number of carbonyl (C=O) groups excluding carboxylic acids is 1. The second-order valence-corrected chi connectivity index (χ2v) is 5.05. The van der Waals surface area contributed by atoms with Gasteiger partial charge in [0.1, 0.15) is 6.61 Å². The van der Waals surface area contributed by atoms with E-state index in [1.54, 1.807) is 7.11 Å². The first-order chi connectivity index (χ1) is 8.75. The molecule has 102 valence electrons. The molecule has 4 nitrogen and oxygen atoms in total. The van der Waals surface area contributed by atoms with E-state index < -0.39 is 0 Å². The van der Waals surface area contributed by atoms with Gasteiger partial charge in [-0.15, -0.1) is 0 Å². The van der Waals surface area contributed by atoms with Crippen molar-refractivity contribution in [3.05, 3.63) is 12.2 Å². The Kier molecular flexibility index (Phi) is 4.78. The van der Waals surface area contributed by atoms with E-state index in [0.29, 0.717) is 49.8 Å². The summed E-state index contributed by atoms with van der Waals surface area (Å²) >= 11 is 0. The van der Waals surface area contributed by atoms with Crippen LogP contribution in [0.2, 0.25) is 0 Å². The van der Waals surface area contributed by atoms with Gasteiger partial charge in [-0.25, -0.2) is 4.79 Å². The molecule has 0 aromatic rings. The number of ether oxygens (including phenoxy) is 3. The second kappa shape index (κ2) is 6.34. The summed E-state index contributed by atoms with van der Waals surface area (Å²) in [7, 11) is 1.62. The third-order valence-corrected chi connectivity index (χ3v) is 3.96. The first kappa shape index (κ1) is 13.6. The third kappa shape index (κ3) is 3.12. The fraction of sp³-hybridized carbons (Fsp3) is 0.786. The number of esters is 1. The smallest absolute Gasteiger partial charge is 0.333 e. The van der Waals surface area contributed by atoms with Crippen LogP contribution in [0.15, 0.2) is 12.2 Å². The van der Waals surface area contributed by atoms with E-state index in [2.05, 4.69) is 6.58 Å². The lowest BCUT2D eigenvalue weighted by Gasteiger charge is -2.08. The van der Waals surface area contributed by atoms with Crippen molar-refractivity contribution in [3.8, 4) is 0 Å². The summed E-state index contributed by atoms with van der Waals surface area (Å²) in [5, 5.41) is 0. The predicted octanol–water partition coefficient (Wildman–Crippen LogP) is 1.79. The standard InChI is InChI=1S/C14H22O4/c1-10(13-11-4-3-5-12(11)13)14(15)18-9-8-17-7-6-16-2/h11-13H,1,3-9H2,2H3. The second-order valence-electron chi connectivity index (χ2n) is 5.05. The molecule has 0 aromatic carbocycles. The molecule has 0 amide bonds. The van der Waals surface area contributed by atoms with E-state index in [1.165, 1.54) is 19.3 Å². The van der Waals surface area contributed by atoms with Crippen molar-refractivity contribution < 1.29 is 19.0 Å². The van der Waals surface area contributed by atoms with Crippen molar-refractivity contribution in [2.75, 3.05) is 33.5 Å². The van der Waals surface area contributed by atoms with Gasteiger partial charge in [0.15, 0.2) is 0 Å². The first-order valence-corrected chi connectivity index (χ1v) is 6.68. The number of hydrogen-bond donors (Lipinski definition) is 0. The van der Waals surface area contributed by atoms with Crippen LogP contribution in [-0.2, 0) is 19.0 Å². The third-order valence-electron chi connectivity index (χ3n) is 3.96. The van der Waals surface area contributed by atoms with Crippen molar-refractivity contribution >= 4 is 5.97 Å². The van der Waals surface area contributed by atoms with E-state index in [1.807, 2.05) is 0 Å². The number of fused-ring (bicyclic) bond motifs is 1. The molecule has 0 aliphatic heterocycles. The largest absolute Gasteiger partial charge is 0.460 e. The lowest BCUT2D eigenvalue weighted by molar-refractivity contribution is -0.141. The molecule has 0 N–H and O–H groups in total. The zero-order valence-electron chi connectivity index (χ0n) is 11.0. The minimum atomic E-state index is -0.246. The number of methoxy groups -OCH3 is 1. The van der Waals surface area contributed by atoms with Gasteiger partial charge in [0.05, 0.1) is 19.8 Å². The molecule has 2 rings (SSSR count). The Hall–Kier alpha value is -0.870. The zero-order valence-corrected chi connectivity index (χ0v) is 11.0. The summed E-state index contributed by atoms with van der Waals surface area (Å²) in [5.41, 5.74) is 0.668. The SMILES string of the molecule is C=C(C(=O)OCCOCCOC)C1C2CCCC21. The molecular formula is C14H22O4. The Balaban J connectivity index is 1.56. The Morgan fingerprint density at radius 3 is 2.50 bits per heavy atom. The average Bonchev–Trinajstić information content (AvgIpc) is 2.85. The minimum absolute atomic E-state index is 0.246. The highest BCUT2D eigenvalue weighted by Gasteiger charge is 2.55. The van der Waals surface area contributed by atoms with Gasteiger partial charge in [-0.3, -0.25) is 0 Å². The molecule has 2 aliphatic carbocycles. The van der Waals surface area contributed by atoms with Crippen LogP contribution in [0.25, 0.3) is 0 Å². The molecule has 0 radical (unpaired) electrons. The van der Waals surface area contributed by atoms with Crippen molar-refractivity contribution in [2.45, 2.75) is 19.3 Å². The molecule has 0 bridgehead atoms. The van der Waals surface area contributed by atoms with Crippen LogP contribution in [0.4, 0.5) is 0 Å². The molecule has 2 aliphatic rings. The fourth-order valence-corrected chi connectivity index (χ4v) is 3.00. The average molecular weight is 254 g/mol. The molecule has 2 unspecified atom stereocenters. The van der Waals surface area contributed by atoms with Crippen molar-refractivity contribution in [2.24, 2.45) is 17.8 Å². The zero-order chi connectivity index (χ0) is 13.0. The molecule has 2 saturated carbocycles. The molecule has 0 saturated heterocycles. The highest BCUT2D eigenvalue weighted by Crippen LogP contribution is 2.60. The maximum Gasteiger partial charge on any atom is 0.333 e. The molecule has 18 heavy (non-hydrogen) atoms. The van der Waals surface area contributed by atoms with E-state index in [-0.39, 0.29) is 5.97 Å². The molecular weight excluding hydrogens is 232 g/mol. The Morgan fingerprint density at radius 2 is 1.83 bits per heavy atom. The van der Waals surface area contributed by atoms with Gasteiger partial charge in [0, 0.05) is 12.7 Å². The number of hydrogen-bond acceptors (Lipinski definition) is 4. The molecule has 2 fully saturated rings. The highest BCUT2D eigenvalue weighted by molar-refractivity contribution is 5.89. The van der Waals surface area contributed by atoms with E-state index >= 15 is 0 Å². The maximum atomic E-state index is 11.7. The van der Waals surface area contributed by atoms with Gasteiger partial charge >= 0.3 is 5.97 Å². The maximum absolute atomic E-state index is 11.7. The van der Waals surface area contributed by atoms with Gasteiger partial charge in [0.2, 0.25) is 0 Å². The normalized spacial score (nSPS) is 28.8. The van der Waals surface area contributed by atoms with Crippen LogP contribution in [0.3, 0.4) is 0 Å². The summed E-state index contributed by atoms with van der Waals surface area (Å²) in [6.07, 6.45) is 3.81. The summed E-state index contributed by atoms with van der Waals surface area (Å²) in [6.45, 7) is 5.70. The first-order valence-electron chi connectivity index (χ1n) is 6.68. The van der Waals surface area contributed by atoms with Crippen LogP contribution < -0.4 is 0 Å². The minimum Gasteiger partial charge on any atom is -0.460 e. The summed E-state index contributed by atoms with van der Waals surface area (Å²) < 4.78 is 15.2. The topological polar surface area (TPSA) is 44.8 Å². The molecule has 4 heteroatoms. The lowest BCUT2D eigenvalue weighted by atomic mass is 10.1. The quantitative estimate of drug-likeness (QED) is 0.376. The van der Waals surface area contributed by atoms with Gasteiger partial charge < -0.3 is 14.2 Å². The Morgan fingerprint density at radius 1 is 1.17 bits per heavy atom. The van der Waals surface area contributed by atoms with Gasteiger partial charge in [-0.1, -0.05) is 13.0 Å². The monoisotopic (exact) mass is 254 g/mol. The molecule has 2 atom stereocenters. The summed E-state index contributed by atoms with van der Waals surface area (Å²) in [6, 6.07) is 0. The van der Waals surface area contributed by atoms with Crippen LogP contribution in [0.5, 0.6) is 0 Å². The Bertz CT molecular complexity index is 303. The van der Waals surface area contributed by atoms with E-state index in [0.717, 1.165) is 0 Å². The van der Waals surface area contributed by atoms with Gasteiger partial charge in [0.25, 0.3) is 0 Å². The molecule has 0 spiro atoms. The number of rotatable bonds is 8. The predicted molar refractivity (Wildman–Crippen MR) is 67.1 cm³/mol. The van der Waals surface area contributed by atoms with Crippen LogP contribution >= 0.6 is 0 Å². The van der Waals surface area contributed by atoms with E-state index in [9.17, 15) is 4.79 Å². The van der Waals surface area contributed by atoms with Crippen molar-refractivity contribution in [1.29, 1.82) is 0 Å². The lowest BCUT2D eigenvalue weighted by Crippen LogP contribution is -2.15. The van der Waals surface area contributed by atoms with Gasteiger partial charge in [-0.05, 0) is 30.6 Å². The fourth-order valence-electron chi connectivity index (χ4n) is 3.00. The molecule has 0 aromatic heterocycles. The summed E-state index contributed by atoms with van der Waals surface area (Å²) in [5.74, 6) is 1.58. The van der Waals surface area contributed by atoms with Crippen LogP contribution in [0.1, 0.15) is 19.3 Å². The van der Waals surface area contributed by atoms with Gasteiger partial charge in [-0.2, -0.15) is 0 Å². The van der Waals surface area contributed by atoms with Crippen molar-refractivity contribution in [3.63, 3.8) is 0 Å². The van der Waals surface area contributed by atoms with Crippen LogP contribution in [0, 0.1) is 17.8 Å². The Labute approximate surface area is 108 Å².